The van der Waals surface area contributed by atoms with Gasteiger partial charge in [-0.3, -0.25) is 4.68 Å². The number of hydrogen-bond donors (Lipinski definition) is 2. The first-order valence-electron chi connectivity index (χ1n) is 6.19. The number of nitrogens with one attached hydrogen (secondary N) is 1. The second-order valence-corrected chi connectivity index (χ2v) is 5.65. The first kappa shape index (κ1) is 13.0. The molecule has 0 amide bonds. The van der Waals surface area contributed by atoms with Crippen molar-refractivity contribution in [1.82, 2.24) is 19.7 Å². The third kappa shape index (κ3) is 2.25. The number of nitrogens with zero attached hydrogens (tertiary/aromatic N) is 4. The summed E-state index contributed by atoms with van der Waals surface area (Å²) in [6, 6.07) is 1.92. The first-order valence-corrected chi connectivity index (χ1v) is 7.14. The number of anilines is 1. The maximum atomic E-state index is 10.5. The van der Waals surface area contributed by atoms with E-state index >= 15 is 0 Å². The number of thiophene rings is 1. The summed E-state index contributed by atoms with van der Waals surface area (Å²) in [6.45, 7) is 2.15. The molecule has 0 saturated heterocycles. The fourth-order valence-electron chi connectivity index (χ4n) is 2.03. The van der Waals surface area contributed by atoms with Crippen LogP contribution in [-0.2, 0) is 12.6 Å². The molecule has 0 aromatic carbocycles. The van der Waals surface area contributed by atoms with Crippen molar-refractivity contribution in [3.05, 3.63) is 34.9 Å². The highest BCUT2D eigenvalue weighted by atomic mass is 32.1. The normalized spacial score (nSPS) is 14.3. The van der Waals surface area contributed by atoms with Crippen LogP contribution in [-0.4, -0.2) is 31.4 Å². The Morgan fingerprint density at radius 2 is 2.30 bits per heavy atom. The van der Waals surface area contributed by atoms with Crippen molar-refractivity contribution in [2.24, 2.45) is 7.05 Å². The highest BCUT2D eigenvalue weighted by Crippen LogP contribution is 2.25. The van der Waals surface area contributed by atoms with Crippen LogP contribution in [0.1, 0.15) is 12.5 Å². The van der Waals surface area contributed by atoms with E-state index in [0.29, 0.717) is 12.4 Å². The van der Waals surface area contributed by atoms with Gasteiger partial charge >= 0.3 is 0 Å². The lowest BCUT2D eigenvalue weighted by atomic mass is 9.99. The van der Waals surface area contributed by atoms with E-state index in [2.05, 4.69) is 20.4 Å². The predicted molar refractivity (Wildman–Crippen MR) is 78.7 cm³/mol. The maximum Gasteiger partial charge on any atom is 0.163 e. The Morgan fingerprint density at radius 3 is 3.05 bits per heavy atom. The largest absolute Gasteiger partial charge is 0.384 e. The van der Waals surface area contributed by atoms with Crippen LogP contribution in [0.3, 0.4) is 0 Å². The van der Waals surface area contributed by atoms with Crippen molar-refractivity contribution in [2.75, 3.05) is 11.9 Å². The Morgan fingerprint density at radius 1 is 1.45 bits per heavy atom. The molecular formula is C13H15N5OS. The van der Waals surface area contributed by atoms with E-state index in [1.165, 1.54) is 6.33 Å². The van der Waals surface area contributed by atoms with Gasteiger partial charge in [-0.25, -0.2) is 9.97 Å². The Bertz CT molecular complexity index is 720. The Hall–Kier alpha value is -1.99. The summed E-state index contributed by atoms with van der Waals surface area (Å²) in [5.74, 6) is 0.679. The standard InChI is InChI=1S/C13H15N5OS/c1-13(19,9-3-4-20-6-9)7-14-11-10-5-17-18(2)12(10)16-8-15-11/h3-6,8,19H,7H2,1-2H3,(H,14,15,16). The summed E-state index contributed by atoms with van der Waals surface area (Å²) >= 11 is 1.57. The smallest absolute Gasteiger partial charge is 0.163 e. The molecule has 1 atom stereocenters. The molecular weight excluding hydrogens is 274 g/mol. The van der Waals surface area contributed by atoms with Crippen molar-refractivity contribution in [1.29, 1.82) is 0 Å². The van der Waals surface area contributed by atoms with Gasteiger partial charge in [0.15, 0.2) is 5.65 Å². The van der Waals surface area contributed by atoms with Crippen molar-refractivity contribution in [3.8, 4) is 0 Å². The number of aliphatic hydroxyl groups is 1. The molecule has 0 aliphatic carbocycles. The molecule has 1 unspecified atom stereocenters. The van der Waals surface area contributed by atoms with Crippen LogP contribution >= 0.6 is 11.3 Å². The number of aromatic nitrogens is 4. The van der Waals surface area contributed by atoms with Crippen LogP contribution in [0.4, 0.5) is 5.82 Å². The zero-order chi connectivity index (χ0) is 14.2. The molecule has 3 rings (SSSR count). The molecule has 6 nitrogen and oxygen atoms in total. The average molecular weight is 289 g/mol. The lowest BCUT2D eigenvalue weighted by Crippen LogP contribution is -2.30. The van der Waals surface area contributed by atoms with Gasteiger partial charge in [0.25, 0.3) is 0 Å². The molecule has 20 heavy (non-hydrogen) atoms. The van der Waals surface area contributed by atoms with Gasteiger partial charge in [0.1, 0.15) is 17.7 Å². The van der Waals surface area contributed by atoms with E-state index in [1.54, 1.807) is 29.1 Å². The molecule has 0 radical (unpaired) electrons. The third-order valence-corrected chi connectivity index (χ3v) is 3.96. The van der Waals surface area contributed by atoms with Crippen LogP contribution in [0.5, 0.6) is 0 Å². The lowest BCUT2D eigenvalue weighted by Gasteiger charge is -2.23. The van der Waals surface area contributed by atoms with Gasteiger partial charge in [-0.15, -0.1) is 0 Å². The van der Waals surface area contributed by atoms with E-state index in [-0.39, 0.29) is 0 Å². The van der Waals surface area contributed by atoms with Crippen LogP contribution < -0.4 is 5.32 Å². The molecule has 3 aromatic rings. The van der Waals surface area contributed by atoms with E-state index in [4.69, 9.17) is 0 Å². The number of rotatable bonds is 4. The fourth-order valence-corrected chi connectivity index (χ4v) is 2.81. The summed E-state index contributed by atoms with van der Waals surface area (Å²) in [4.78, 5) is 8.40. The molecule has 104 valence electrons. The molecule has 7 heteroatoms. The van der Waals surface area contributed by atoms with E-state index in [1.807, 2.05) is 23.9 Å². The highest BCUT2D eigenvalue weighted by molar-refractivity contribution is 7.08. The minimum absolute atomic E-state index is 0.366. The predicted octanol–water partition coefficient (Wildman–Crippen LogP) is 1.74. The number of hydrogen-bond acceptors (Lipinski definition) is 6. The van der Waals surface area contributed by atoms with E-state index in [9.17, 15) is 5.11 Å². The van der Waals surface area contributed by atoms with Crippen LogP contribution in [0.15, 0.2) is 29.4 Å². The maximum absolute atomic E-state index is 10.5. The van der Waals surface area contributed by atoms with E-state index in [0.717, 1.165) is 16.6 Å². The summed E-state index contributed by atoms with van der Waals surface area (Å²) in [5.41, 5.74) is 0.712. The SMILES string of the molecule is Cn1ncc2c(NCC(C)(O)c3ccsc3)ncnc21. The number of aryl methyl sites for hydroxylation is 1. The van der Waals surface area contributed by atoms with E-state index < -0.39 is 5.60 Å². The van der Waals surface area contributed by atoms with Crippen molar-refractivity contribution < 1.29 is 5.11 Å². The molecule has 2 N–H and O–H groups in total. The topological polar surface area (TPSA) is 75.9 Å². The van der Waals surface area contributed by atoms with Crippen LogP contribution in [0, 0.1) is 0 Å². The average Bonchev–Trinajstić information content (AvgIpc) is 3.07. The van der Waals surface area contributed by atoms with Gasteiger partial charge in [0.05, 0.1) is 11.6 Å². The highest BCUT2D eigenvalue weighted by Gasteiger charge is 2.23. The van der Waals surface area contributed by atoms with Crippen LogP contribution in [0.25, 0.3) is 11.0 Å². The Labute approximate surface area is 120 Å². The fraction of sp³-hybridized carbons (Fsp3) is 0.308. The minimum atomic E-state index is -0.945. The van der Waals surface area contributed by atoms with Crippen molar-refractivity contribution in [3.63, 3.8) is 0 Å². The molecule has 3 heterocycles. The van der Waals surface area contributed by atoms with Crippen molar-refractivity contribution >= 4 is 28.2 Å². The van der Waals surface area contributed by atoms with Gasteiger partial charge < -0.3 is 10.4 Å². The zero-order valence-corrected chi connectivity index (χ0v) is 12.1. The summed E-state index contributed by atoms with van der Waals surface area (Å²) in [7, 11) is 1.83. The Kier molecular flexibility index (Phi) is 3.15. The zero-order valence-electron chi connectivity index (χ0n) is 11.2. The van der Waals surface area contributed by atoms with Gasteiger partial charge in [-0.1, -0.05) is 0 Å². The van der Waals surface area contributed by atoms with Crippen LogP contribution in [0.2, 0.25) is 0 Å². The second-order valence-electron chi connectivity index (χ2n) is 4.87. The number of fused-ring (bicyclic) bond motifs is 1. The van der Waals surface area contributed by atoms with Gasteiger partial charge in [-0.2, -0.15) is 16.4 Å². The summed E-state index contributed by atoms with van der Waals surface area (Å²) in [5, 5.41) is 22.6. The van der Waals surface area contributed by atoms with Crippen molar-refractivity contribution in [2.45, 2.75) is 12.5 Å². The second kappa shape index (κ2) is 4.84. The quantitative estimate of drug-likeness (QED) is 0.765. The minimum Gasteiger partial charge on any atom is -0.384 e. The van der Waals surface area contributed by atoms with Gasteiger partial charge in [-0.05, 0) is 29.3 Å². The molecule has 0 fully saturated rings. The van der Waals surface area contributed by atoms with Gasteiger partial charge in [0, 0.05) is 13.6 Å². The molecule has 0 bridgehead atoms. The molecule has 0 aliphatic rings. The summed E-state index contributed by atoms with van der Waals surface area (Å²) < 4.78 is 1.69. The molecule has 0 spiro atoms. The monoisotopic (exact) mass is 289 g/mol. The first-order chi connectivity index (χ1) is 9.58. The molecule has 0 saturated carbocycles. The lowest BCUT2D eigenvalue weighted by molar-refractivity contribution is 0.0719. The summed E-state index contributed by atoms with van der Waals surface area (Å²) in [6.07, 6.45) is 3.21. The molecule has 3 aromatic heterocycles. The van der Waals surface area contributed by atoms with Gasteiger partial charge in [0.2, 0.25) is 0 Å². The molecule has 0 aliphatic heterocycles. The third-order valence-electron chi connectivity index (χ3n) is 3.27. The Balaban J connectivity index is 1.84.